The van der Waals surface area contributed by atoms with E-state index in [0.29, 0.717) is 48.8 Å². The van der Waals surface area contributed by atoms with E-state index in [9.17, 15) is 23.6 Å². The fourth-order valence-electron chi connectivity index (χ4n) is 9.48. The maximum absolute atomic E-state index is 16.0. The van der Waals surface area contributed by atoms with Crippen molar-refractivity contribution < 1.29 is 32.3 Å². The molecule has 2 atom stereocenters. The van der Waals surface area contributed by atoms with E-state index in [1.165, 1.54) is 27.7 Å². The molecule has 5 amide bonds. The predicted octanol–water partition coefficient (Wildman–Crippen LogP) is 5.84. The van der Waals surface area contributed by atoms with Gasteiger partial charge in [0.25, 0.3) is 17.7 Å². The summed E-state index contributed by atoms with van der Waals surface area (Å²) in [6, 6.07) is 15.2. The minimum Gasteiger partial charge on any atom is -0.385 e. The summed E-state index contributed by atoms with van der Waals surface area (Å²) in [5.74, 6) is -3.53. The van der Waals surface area contributed by atoms with Gasteiger partial charge in [-0.1, -0.05) is 29.8 Å². The molecule has 2 aromatic carbocycles. The van der Waals surface area contributed by atoms with Crippen LogP contribution in [0.2, 0.25) is 5.02 Å². The lowest BCUT2D eigenvalue weighted by molar-refractivity contribution is -0.120. The number of pyridine rings is 1. The number of benzene rings is 2. The van der Waals surface area contributed by atoms with Crippen molar-refractivity contribution in [3.8, 4) is 11.3 Å². The van der Waals surface area contributed by atoms with Crippen LogP contribution in [0, 0.1) is 5.41 Å². The van der Waals surface area contributed by atoms with Crippen LogP contribution >= 0.6 is 11.6 Å². The van der Waals surface area contributed by atoms with Crippen molar-refractivity contribution in [2.24, 2.45) is 5.41 Å². The molecule has 5 aliphatic rings. The highest BCUT2D eigenvalue weighted by Gasteiger charge is 2.60. The quantitative estimate of drug-likeness (QED) is 0.164. The zero-order valence-electron chi connectivity index (χ0n) is 34.2. The first-order chi connectivity index (χ1) is 30.3. The van der Waals surface area contributed by atoms with Crippen molar-refractivity contribution in [1.29, 1.82) is 0 Å². The lowest BCUT2D eigenvalue weighted by Gasteiger charge is -2.42. The number of carbonyl (C=O) groups excluding carboxylic acids is 4. The van der Waals surface area contributed by atoms with Gasteiger partial charge in [-0.25, -0.2) is 27.5 Å². The SMILES string of the molecule is CNc1cc(N2CCc3c(-c4ccc(CN5CC(F)(F)C6(CCN(C(=O)c7ccc(Cl)c(N8CCC(=O)NC8=O)c7)CC6)C5)cn4)cccc32)nn2c(C(=O)N[C@@H]3C[C@@H]3F)cnc12. The number of carbonyl (C=O) groups is 4. The standard InChI is InChI=1S/C44H43ClF3N11O4/c1-49-33-19-37(54-59-36(21-51-39(33)59)40(61)52-32-18-30(32)46)57-13-9-28-27(3-2-4-34(28)57)31-8-5-25(20-50-31)22-55-23-43(44(47,48)24-55)11-15-56(16-12-43)41(62)26-6-7-29(45)35(17-26)58-14-10-38(60)53-42(58)63/h2-8,17,19-21,30,32,49H,9-16,18,22-24H2,1H3,(H,52,61)(H,53,60,63)/t30-,32+/m0/s1. The third kappa shape index (κ3) is 7.27. The lowest BCUT2D eigenvalue weighted by atomic mass is 9.75. The van der Waals surface area contributed by atoms with Crippen LogP contribution in [0.3, 0.4) is 0 Å². The van der Waals surface area contributed by atoms with E-state index in [1.54, 1.807) is 29.1 Å². The van der Waals surface area contributed by atoms with E-state index < -0.39 is 47.9 Å². The van der Waals surface area contributed by atoms with Gasteiger partial charge in [0.15, 0.2) is 17.2 Å². The Balaban J connectivity index is 0.803. The molecule has 3 saturated heterocycles. The number of urea groups is 1. The molecule has 4 fully saturated rings. The Morgan fingerprint density at radius 3 is 2.46 bits per heavy atom. The van der Waals surface area contributed by atoms with Crippen molar-refractivity contribution in [3.05, 3.63) is 94.4 Å². The van der Waals surface area contributed by atoms with E-state index >= 15 is 8.78 Å². The minimum atomic E-state index is -2.97. The van der Waals surface area contributed by atoms with Crippen molar-refractivity contribution >= 4 is 63.9 Å². The molecule has 63 heavy (non-hydrogen) atoms. The van der Waals surface area contributed by atoms with Crippen molar-refractivity contribution in [3.63, 3.8) is 0 Å². The molecule has 3 aromatic heterocycles. The number of likely N-dealkylation sites (tertiary alicyclic amines) is 2. The van der Waals surface area contributed by atoms with Gasteiger partial charge in [0.05, 0.1) is 46.3 Å². The van der Waals surface area contributed by atoms with Crippen LogP contribution < -0.4 is 25.8 Å². The molecule has 1 aliphatic carbocycles. The molecule has 10 rings (SSSR count). The van der Waals surface area contributed by atoms with E-state index in [0.717, 1.165) is 28.1 Å². The number of amides is 5. The molecular formula is C44H43ClF3N11O4. The van der Waals surface area contributed by atoms with Crippen molar-refractivity contribution in [2.75, 3.05) is 61.4 Å². The van der Waals surface area contributed by atoms with E-state index in [4.69, 9.17) is 21.7 Å². The summed E-state index contributed by atoms with van der Waals surface area (Å²) in [6.45, 7) is 1.12. The maximum atomic E-state index is 16.0. The van der Waals surface area contributed by atoms with Gasteiger partial charge in [0.1, 0.15) is 6.17 Å². The smallest absolute Gasteiger partial charge is 0.328 e. The maximum Gasteiger partial charge on any atom is 0.328 e. The predicted molar refractivity (Wildman–Crippen MR) is 228 cm³/mol. The number of imide groups is 1. The van der Waals surface area contributed by atoms with Crippen LogP contribution in [0.25, 0.3) is 16.9 Å². The van der Waals surface area contributed by atoms with Gasteiger partial charge in [0.2, 0.25) is 5.91 Å². The number of imidazole rings is 1. The average molecular weight is 882 g/mol. The first kappa shape index (κ1) is 40.8. The van der Waals surface area contributed by atoms with Gasteiger partial charge in [-0.15, -0.1) is 5.10 Å². The van der Waals surface area contributed by atoms with E-state index in [1.807, 2.05) is 36.4 Å². The summed E-state index contributed by atoms with van der Waals surface area (Å²) < 4.78 is 47.0. The second-order valence-corrected chi connectivity index (χ2v) is 17.4. The normalized spacial score (nSPS) is 21.5. The molecule has 326 valence electrons. The molecule has 15 nitrogen and oxygen atoms in total. The Hall–Kier alpha value is -6.27. The monoisotopic (exact) mass is 881 g/mol. The topological polar surface area (TPSA) is 160 Å². The van der Waals surface area contributed by atoms with Gasteiger partial charge in [-0.3, -0.25) is 34.5 Å². The highest BCUT2D eigenvalue weighted by molar-refractivity contribution is 6.34. The first-order valence-corrected chi connectivity index (χ1v) is 21.4. The fraction of sp³-hybridized carbons (Fsp3) is 0.386. The number of halogens is 4. The second-order valence-electron chi connectivity index (χ2n) is 17.0. The molecular weight excluding hydrogens is 839 g/mol. The zero-order valence-corrected chi connectivity index (χ0v) is 35.0. The molecule has 4 aliphatic heterocycles. The minimum absolute atomic E-state index is 0.0956. The molecule has 0 bridgehead atoms. The van der Waals surface area contributed by atoms with Gasteiger partial charge in [-0.2, -0.15) is 0 Å². The molecule has 3 N–H and O–H groups in total. The number of rotatable bonds is 9. The molecule has 5 aromatic rings. The first-order valence-electron chi connectivity index (χ1n) is 21.0. The summed E-state index contributed by atoms with van der Waals surface area (Å²) in [5, 5.41) is 13.2. The lowest BCUT2D eigenvalue weighted by Crippen LogP contribution is -2.51. The Bertz CT molecular complexity index is 2690. The van der Waals surface area contributed by atoms with Crippen LogP contribution in [0.5, 0.6) is 0 Å². The number of alkyl halides is 3. The number of anilines is 4. The third-order valence-corrected chi connectivity index (χ3v) is 13.4. The summed E-state index contributed by atoms with van der Waals surface area (Å²) in [4.78, 5) is 66.7. The second kappa shape index (κ2) is 15.5. The number of nitrogens with zero attached hydrogens (tertiary/aromatic N) is 8. The van der Waals surface area contributed by atoms with Crippen LogP contribution in [0.4, 0.5) is 40.8 Å². The van der Waals surface area contributed by atoms with Crippen LogP contribution in [0.15, 0.2) is 67.0 Å². The molecule has 0 unspecified atom stereocenters. The number of piperidine rings is 1. The van der Waals surface area contributed by atoms with Crippen LogP contribution in [0.1, 0.15) is 57.7 Å². The summed E-state index contributed by atoms with van der Waals surface area (Å²) in [5.41, 5.74) is 5.17. The number of hydrogen-bond acceptors (Lipinski definition) is 10. The molecule has 1 spiro atoms. The van der Waals surface area contributed by atoms with Gasteiger partial charge in [0, 0.05) is 88.2 Å². The van der Waals surface area contributed by atoms with Crippen molar-refractivity contribution in [2.45, 2.75) is 56.8 Å². The molecule has 0 radical (unpaired) electrons. The number of aromatic nitrogens is 4. The highest BCUT2D eigenvalue weighted by atomic mass is 35.5. The van der Waals surface area contributed by atoms with E-state index in [2.05, 4.69) is 25.8 Å². The number of hydrogen-bond donors (Lipinski definition) is 3. The number of fused-ring (bicyclic) bond motifs is 2. The van der Waals surface area contributed by atoms with Gasteiger partial charge in [-0.05, 0) is 60.7 Å². The van der Waals surface area contributed by atoms with Gasteiger partial charge < -0.3 is 20.4 Å². The molecule has 7 heterocycles. The fourth-order valence-corrected chi connectivity index (χ4v) is 9.70. The summed E-state index contributed by atoms with van der Waals surface area (Å²) in [6.07, 6.45) is 3.50. The molecule has 1 saturated carbocycles. The number of nitrogens with one attached hydrogen (secondary N) is 3. The van der Waals surface area contributed by atoms with Gasteiger partial charge >= 0.3 is 6.03 Å². The van der Waals surface area contributed by atoms with Crippen LogP contribution in [-0.2, 0) is 17.8 Å². The highest BCUT2D eigenvalue weighted by Crippen LogP contribution is 2.51. The van der Waals surface area contributed by atoms with Crippen molar-refractivity contribution in [1.82, 2.24) is 40.0 Å². The van der Waals surface area contributed by atoms with Crippen LogP contribution in [-0.4, -0.2) is 118 Å². The Labute approximate surface area is 364 Å². The largest absolute Gasteiger partial charge is 0.385 e. The third-order valence-electron chi connectivity index (χ3n) is 13.1. The summed E-state index contributed by atoms with van der Waals surface area (Å²) in [7, 11) is 1.77. The Kier molecular flexibility index (Phi) is 10.0. The average Bonchev–Trinajstić information content (AvgIpc) is 3.55. The summed E-state index contributed by atoms with van der Waals surface area (Å²) >= 11 is 6.38. The van der Waals surface area contributed by atoms with E-state index in [-0.39, 0.29) is 67.6 Å². The zero-order chi connectivity index (χ0) is 43.8. The Morgan fingerprint density at radius 1 is 0.937 bits per heavy atom. The Morgan fingerprint density at radius 2 is 1.73 bits per heavy atom. The molecule has 19 heteroatoms.